The number of aromatic nitrogens is 5. The predicted octanol–water partition coefficient (Wildman–Crippen LogP) is 2.05. The number of benzene rings is 1. The van der Waals surface area contributed by atoms with Gasteiger partial charge in [-0.2, -0.15) is 15.0 Å². The van der Waals surface area contributed by atoms with Crippen LogP contribution in [-0.4, -0.2) is 79.1 Å². The van der Waals surface area contributed by atoms with Gasteiger partial charge in [0.1, 0.15) is 17.7 Å². The van der Waals surface area contributed by atoms with Crippen molar-refractivity contribution in [1.29, 1.82) is 0 Å². The molecule has 0 aliphatic carbocycles. The number of imidazole rings is 1. The molecule has 0 bridgehead atoms. The normalized spacial score (nSPS) is 21.3. The topological polar surface area (TPSA) is 164 Å². The average Bonchev–Trinajstić information content (AvgIpc) is 3.59. The van der Waals surface area contributed by atoms with Crippen molar-refractivity contribution in [3.05, 3.63) is 32.9 Å². The van der Waals surface area contributed by atoms with E-state index in [2.05, 4.69) is 67.0 Å². The third-order valence-electron chi connectivity index (χ3n) is 6.40. The molecular formula is C23H26ClIN8O5. The summed E-state index contributed by atoms with van der Waals surface area (Å²) in [6.45, 7) is 6.07. The summed E-state index contributed by atoms with van der Waals surface area (Å²) in [5.41, 5.74) is 3.07. The van der Waals surface area contributed by atoms with Gasteiger partial charge in [0.25, 0.3) is 11.9 Å². The molecule has 15 heteroatoms. The molecular weight excluding hydrogens is 631 g/mol. The fraction of sp³-hybridized carbons (Fsp3) is 0.435. The molecule has 1 aromatic carbocycles. The molecule has 4 N–H and O–H groups in total. The number of hydrogen-bond acceptors (Lipinski definition) is 11. The van der Waals surface area contributed by atoms with E-state index in [0.29, 0.717) is 23.9 Å². The molecule has 5 rings (SSSR count). The molecule has 1 amide bonds. The molecule has 4 aromatic rings. The smallest absolute Gasteiger partial charge is 0.298 e. The van der Waals surface area contributed by atoms with Gasteiger partial charge in [0.15, 0.2) is 34.9 Å². The zero-order valence-corrected chi connectivity index (χ0v) is 23.6. The molecule has 1 fully saturated rings. The van der Waals surface area contributed by atoms with Gasteiger partial charge in [-0.25, -0.2) is 4.98 Å². The number of anilines is 2. The van der Waals surface area contributed by atoms with Crippen LogP contribution in [0.25, 0.3) is 22.3 Å². The molecule has 0 unspecified atom stereocenters. The number of aliphatic hydroxyl groups excluding tert-OH is 2. The molecule has 4 atom stereocenters. The van der Waals surface area contributed by atoms with Gasteiger partial charge >= 0.3 is 0 Å². The quantitative estimate of drug-likeness (QED) is 0.162. The first-order valence-electron chi connectivity index (χ1n) is 12.0. The lowest BCUT2D eigenvalue weighted by atomic mass is 10.1. The van der Waals surface area contributed by atoms with Gasteiger partial charge in [-0.3, -0.25) is 9.36 Å². The summed E-state index contributed by atoms with van der Waals surface area (Å²) in [6.07, 6.45) is -3.77. The van der Waals surface area contributed by atoms with E-state index in [1.807, 2.05) is 17.0 Å². The zero-order chi connectivity index (χ0) is 27.1. The highest BCUT2D eigenvalue weighted by Gasteiger charge is 2.47. The molecule has 1 aliphatic heterocycles. The number of nitrogens with one attached hydrogen (secondary N) is 2. The summed E-state index contributed by atoms with van der Waals surface area (Å²) in [4.78, 5) is 31.7. The van der Waals surface area contributed by atoms with Crippen molar-refractivity contribution in [2.45, 2.75) is 44.9 Å². The van der Waals surface area contributed by atoms with E-state index in [9.17, 15) is 15.0 Å². The first-order chi connectivity index (χ1) is 18.2. The second-order valence-corrected chi connectivity index (χ2v) is 10.2. The van der Waals surface area contributed by atoms with Crippen molar-refractivity contribution in [2.75, 3.05) is 30.4 Å². The van der Waals surface area contributed by atoms with Crippen LogP contribution in [0.2, 0.25) is 5.28 Å². The second-order valence-electron chi connectivity index (χ2n) is 8.66. The highest BCUT2D eigenvalue weighted by Crippen LogP contribution is 2.33. The van der Waals surface area contributed by atoms with Crippen LogP contribution in [0, 0.1) is 3.57 Å². The number of aliphatic hydroxyl groups is 2. The van der Waals surface area contributed by atoms with Gasteiger partial charge in [-0.05, 0) is 65.7 Å². The minimum Gasteiger partial charge on any atom is -0.422 e. The number of carbonyl (C=O) groups excluding carboxylic acids is 1. The van der Waals surface area contributed by atoms with E-state index < -0.39 is 30.4 Å². The standard InChI is InChI=1S/C23H26ClIN8O5/c1-4-32(5-2)23-29-12-7-10(6-11(25)16(12)38-23)8-27-18-13-19(31-22(24)30-18)33(9-28-13)21-15(35)14(34)17(37-21)20(36)26-3/h6-7,9,14-15,17,21,34-35H,4-5,8H2,1-3H3,(H,26,36)(H,27,30,31)/t14-,15+,17-,21+/m0/s1. The Bertz CT molecular complexity index is 1490. The van der Waals surface area contributed by atoms with Crippen LogP contribution in [0.5, 0.6) is 0 Å². The van der Waals surface area contributed by atoms with Crippen LogP contribution in [0.4, 0.5) is 11.8 Å². The van der Waals surface area contributed by atoms with Crippen molar-refractivity contribution in [3.63, 3.8) is 0 Å². The first-order valence-corrected chi connectivity index (χ1v) is 13.4. The Morgan fingerprint density at radius 2 is 1.97 bits per heavy atom. The Morgan fingerprint density at radius 3 is 2.68 bits per heavy atom. The van der Waals surface area contributed by atoms with Crippen LogP contribution < -0.4 is 15.5 Å². The number of rotatable bonds is 8. The molecule has 0 spiro atoms. The van der Waals surface area contributed by atoms with E-state index >= 15 is 0 Å². The number of halogens is 2. The number of carbonyl (C=O) groups is 1. The number of oxazole rings is 1. The van der Waals surface area contributed by atoms with Crippen molar-refractivity contribution in [3.8, 4) is 0 Å². The minimum atomic E-state index is -1.43. The Labute approximate surface area is 235 Å². The maximum Gasteiger partial charge on any atom is 0.298 e. The average molecular weight is 657 g/mol. The Kier molecular flexibility index (Phi) is 7.59. The first kappa shape index (κ1) is 26.8. The Hall–Kier alpha value is -2.79. The van der Waals surface area contributed by atoms with E-state index in [1.165, 1.54) is 17.9 Å². The molecule has 1 aliphatic rings. The molecule has 1 saturated heterocycles. The van der Waals surface area contributed by atoms with E-state index in [-0.39, 0.29) is 10.9 Å². The summed E-state index contributed by atoms with van der Waals surface area (Å²) in [6, 6.07) is 4.53. The van der Waals surface area contributed by atoms with Crippen molar-refractivity contribution in [1.82, 2.24) is 29.8 Å². The van der Waals surface area contributed by atoms with Gasteiger partial charge in [0.2, 0.25) is 5.28 Å². The number of amides is 1. The Morgan fingerprint density at radius 1 is 1.21 bits per heavy atom. The fourth-order valence-corrected chi connectivity index (χ4v) is 5.35. The Balaban J connectivity index is 1.42. The monoisotopic (exact) mass is 656 g/mol. The van der Waals surface area contributed by atoms with E-state index in [4.69, 9.17) is 20.8 Å². The number of ether oxygens (including phenoxy) is 1. The van der Waals surface area contributed by atoms with Gasteiger partial charge in [-0.1, -0.05) is 0 Å². The molecule has 0 saturated carbocycles. The van der Waals surface area contributed by atoms with Crippen LogP contribution in [0.1, 0.15) is 25.6 Å². The summed E-state index contributed by atoms with van der Waals surface area (Å²) < 4.78 is 14.0. The minimum absolute atomic E-state index is 0.0527. The second kappa shape index (κ2) is 10.8. The van der Waals surface area contributed by atoms with Gasteiger partial charge < -0.3 is 34.9 Å². The lowest BCUT2D eigenvalue weighted by Crippen LogP contribution is -2.41. The van der Waals surface area contributed by atoms with Gasteiger partial charge in [-0.15, -0.1) is 0 Å². The third-order valence-corrected chi connectivity index (χ3v) is 7.37. The predicted molar refractivity (Wildman–Crippen MR) is 148 cm³/mol. The lowest BCUT2D eigenvalue weighted by Gasteiger charge is -2.16. The van der Waals surface area contributed by atoms with E-state index in [0.717, 1.165) is 33.3 Å². The molecule has 0 radical (unpaired) electrons. The van der Waals surface area contributed by atoms with Gasteiger partial charge in [0.05, 0.1) is 9.90 Å². The molecule has 4 heterocycles. The van der Waals surface area contributed by atoms with Crippen LogP contribution in [0.15, 0.2) is 22.9 Å². The van der Waals surface area contributed by atoms with Crippen molar-refractivity contribution in [2.24, 2.45) is 0 Å². The number of fused-ring (bicyclic) bond motifs is 2. The van der Waals surface area contributed by atoms with E-state index in [1.54, 1.807) is 0 Å². The van der Waals surface area contributed by atoms with Crippen molar-refractivity contribution >= 4 is 74.2 Å². The highest BCUT2D eigenvalue weighted by atomic mass is 127. The maximum atomic E-state index is 12.0. The van der Waals surface area contributed by atoms with Crippen LogP contribution >= 0.6 is 34.2 Å². The number of likely N-dealkylation sites (N-methyl/N-ethyl adjacent to an activating group) is 1. The lowest BCUT2D eigenvalue weighted by molar-refractivity contribution is -0.137. The van der Waals surface area contributed by atoms with Gasteiger partial charge in [0, 0.05) is 26.7 Å². The third kappa shape index (κ3) is 4.75. The highest BCUT2D eigenvalue weighted by molar-refractivity contribution is 14.1. The summed E-state index contributed by atoms with van der Waals surface area (Å²) in [5.74, 6) is -0.185. The maximum absolute atomic E-state index is 12.0. The zero-order valence-electron chi connectivity index (χ0n) is 20.7. The molecule has 202 valence electrons. The summed E-state index contributed by atoms with van der Waals surface area (Å²) in [7, 11) is 1.42. The molecule has 13 nitrogen and oxygen atoms in total. The van der Waals surface area contributed by atoms with Crippen molar-refractivity contribution < 1.29 is 24.2 Å². The SMILES string of the molecule is CCN(CC)c1nc2cc(CNc3nc(Cl)nc4c3ncn4[C@@H]3O[C@H](C(=O)NC)[C@@H](O)[C@H]3O)cc(I)c2o1. The van der Waals surface area contributed by atoms with Crippen LogP contribution in [-0.2, 0) is 16.1 Å². The molecule has 38 heavy (non-hydrogen) atoms. The summed E-state index contributed by atoms with van der Waals surface area (Å²) >= 11 is 8.45. The summed E-state index contributed by atoms with van der Waals surface area (Å²) in [5, 5.41) is 26.5. The largest absolute Gasteiger partial charge is 0.422 e. The number of hydrogen-bond donors (Lipinski definition) is 4. The fourth-order valence-electron chi connectivity index (χ4n) is 4.40. The number of nitrogens with zero attached hydrogens (tertiary/aromatic N) is 6. The molecule has 3 aromatic heterocycles. The van der Waals surface area contributed by atoms with Crippen LogP contribution in [0.3, 0.4) is 0 Å².